The van der Waals surface area contributed by atoms with Gasteiger partial charge >= 0.3 is 0 Å². The summed E-state index contributed by atoms with van der Waals surface area (Å²) in [6, 6.07) is 4.96. The maximum absolute atomic E-state index is 11.0. The molecule has 0 bridgehead atoms. The number of hydrogen-bond donors (Lipinski definition) is 0. The van der Waals surface area contributed by atoms with Gasteiger partial charge in [-0.25, -0.2) is 14.4 Å². The van der Waals surface area contributed by atoms with Gasteiger partial charge in [0.1, 0.15) is 29.1 Å². The summed E-state index contributed by atoms with van der Waals surface area (Å²) in [5.41, 5.74) is -1.35. The second-order valence-electron chi connectivity index (χ2n) is 3.50. The highest BCUT2D eigenvalue weighted by atomic mass is 35.5. The molecule has 2 heterocycles. The molecule has 0 N–H and O–H groups in total. The van der Waals surface area contributed by atoms with Crippen LogP contribution in [0.25, 0.3) is 0 Å². The number of alkyl halides is 1. The van der Waals surface area contributed by atoms with Crippen LogP contribution in [0.2, 0.25) is 0 Å². The fraction of sp³-hybridized carbons (Fsp3) is 0.0769. The normalized spacial score (nSPS) is 18.3. The Bertz CT molecular complexity index is 705. The molecule has 0 fully saturated rings. The van der Waals surface area contributed by atoms with Crippen molar-refractivity contribution < 1.29 is 14.4 Å². The Labute approximate surface area is 112 Å². The first kappa shape index (κ1) is 12.9. The Morgan fingerprint density at radius 1 is 1.05 bits per heavy atom. The molecule has 19 heavy (non-hydrogen) atoms. The van der Waals surface area contributed by atoms with E-state index in [0.29, 0.717) is 5.69 Å². The van der Waals surface area contributed by atoms with Crippen LogP contribution in [0.1, 0.15) is 5.69 Å². The van der Waals surface area contributed by atoms with Crippen LogP contribution in [0.5, 0.6) is 0 Å². The van der Waals surface area contributed by atoms with E-state index in [4.69, 9.17) is 11.6 Å². The van der Waals surface area contributed by atoms with E-state index in [2.05, 4.69) is 9.98 Å². The van der Waals surface area contributed by atoms with Crippen LogP contribution in [-0.2, 0) is 14.4 Å². The highest BCUT2D eigenvalue weighted by molar-refractivity contribution is 6.30. The van der Waals surface area contributed by atoms with E-state index in [1.54, 1.807) is 24.1 Å². The molecule has 0 aliphatic carbocycles. The largest absolute Gasteiger partial charge is 0.257 e. The van der Waals surface area contributed by atoms with Crippen LogP contribution < -0.4 is 0 Å². The molecular formula is C13H5ClN2O3. The van der Waals surface area contributed by atoms with Crippen LogP contribution in [0.4, 0.5) is 0 Å². The fourth-order valence-electron chi connectivity index (χ4n) is 1.62. The molecule has 1 aliphatic heterocycles. The van der Waals surface area contributed by atoms with Crippen LogP contribution >= 0.6 is 11.6 Å². The van der Waals surface area contributed by atoms with E-state index in [9.17, 15) is 14.4 Å². The zero-order valence-corrected chi connectivity index (χ0v) is 10.1. The van der Waals surface area contributed by atoms with Crippen molar-refractivity contribution in [2.45, 2.75) is 5.50 Å². The van der Waals surface area contributed by atoms with Crippen molar-refractivity contribution in [3.63, 3.8) is 0 Å². The minimum Gasteiger partial charge on any atom is -0.257 e. The molecule has 92 valence electrons. The average molecular weight is 273 g/mol. The molecule has 1 unspecified atom stereocenters. The first-order valence-electron chi connectivity index (χ1n) is 5.12. The Morgan fingerprint density at radius 3 is 2.32 bits per heavy atom. The number of halogens is 1. The van der Waals surface area contributed by atoms with Crippen molar-refractivity contribution in [1.29, 1.82) is 0 Å². The van der Waals surface area contributed by atoms with Gasteiger partial charge in [0.25, 0.3) is 0 Å². The fourth-order valence-corrected chi connectivity index (χ4v) is 1.87. The predicted octanol–water partition coefficient (Wildman–Crippen LogP) is 0.723. The summed E-state index contributed by atoms with van der Waals surface area (Å²) in [6.07, 6.45) is 1.50. The van der Waals surface area contributed by atoms with Crippen molar-refractivity contribution in [2.75, 3.05) is 0 Å². The van der Waals surface area contributed by atoms with E-state index < -0.39 is 5.50 Å². The molecule has 0 radical (unpaired) electrons. The quantitative estimate of drug-likeness (QED) is 0.429. The van der Waals surface area contributed by atoms with Crippen molar-refractivity contribution >= 4 is 35.1 Å². The number of aromatic nitrogens is 1. The van der Waals surface area contributed by atoms with E-state index in [1.165, 1.54) is 18.1 Å². The Morgan fingerprint density at radius 2 is 1.79 bits per heavy atom. The maximum atomic E-state index is 11.0. The summed E-state index contributed by atoms with van der Waals surface area (Å²) in [5.74, 6) is 4.59. The molecule has 1 aliphatic rings. The lowest BCUT2D eigenvalue weighted by atomic mass is 9.92. The topological polar surface area (TPSA) is 76.5 Å². The van der Waals surface area contributed by atoms with Gasteiger partial charge in [0.15, 0.2) is 5.50 Å². The van der Waals surface area contributed by atoms with E-state index in [0.717, 1.165) is 0 Å². The lowest BCUT2D eigenvalue weighted by molar-refractivity contribution is 0.562. The van der Waals surface area contributed by atoms with Crippen molar-refractivity contribution in [3.05, 3.63) is 46.8 Å². The smallest absolute Gasteiger partial charge is 0.161 e. The Kier molecular flexibility index (Phi) is 3.67. The number of aliphatic imine (C=N–C) groups is 1. The molecule has 1 aromatic heterocycles. The molecule has 0 spiro atoms. The zero-order chi connectivity index (χ0) is 13.8. The van der Waals surface area contributed by atoms with E-state index in [-0.39, 0.29) is 22.4 Å². The van der Waals surface area contributed by atoms with Crippen LogP contribution in [0.3, 0.4) is 0 Å². The Balaban J connectivity index is 2.72. The molecule has 5 nitrogen and oxygen atoms in total. The summed E-state index contributed by atoms with van der Waals surface area (Å²) in [7, 11) is 0. The maximum Gasteiger partial charge on any atom is 0.161 e. The third-order valence-corrected chi connectivity index (χ3v) is 2.77. The molecule has 0 aromatic carbocycles. The number of carbonyl (C=O) groups excluding carboxylic acids is 3. The van der Waals surface area contributed by atoms with Crippen LogP contribution in [0.15, 0.2) is 46.1 Å². The van der Waals surface area contributed by atoms with Gasteiger partial charge < -0.3 is 0 Å². The molecule has 0 saturated heterocycles. The number of pyridine rings is 1. The van der Waals surface area contributed by atoms with Gasteiger partial charge in [-0.2, -0.15) is 0 Å². The first-order chi connectivity index (χ1) is 9.22. The molecular weight excluding hydrogens is 268 g/mol. The van der Waals surface area contributed by atoms with Gasteiger partial charge in [0.05, 0.1) is 16.8 Å². The number of nitrogens with zero attached hydrogens (tertiary/aromatic N) is 2. The zero-order valence-electron chi connectivity index (χ0n) is 9.38. The van der Waals surface area contributed by atoms with E-state index >= 15 is 0 Å². The molecule has 1 atom stereocenters. The summed E-state index contributed by atoms with van der Waals surface area (Å²) in [4.78, 5) is 40.7. The van der Waals surface area contributed by atoms with Crippen molar-refractivity contribution in [2.24, 2.45) is 4.99 Å². The van der Waals surface area contributed by atoms with Gasteiger partial charge in [-0.3, -0.25) is 9.98 Å². The predicted molar refractivity (Wildman–Crippen MR) is 68.0 cm³/mol. The van der Waals surface area contributed by atoms with Crippen molar-refractivity contribution in [1.82, 2.24) is 4.98 Å². The van der Waals surface area contributed by atoms with Gasteiger partial charge in [-0.05, 0) is 12.1 Å². The highest BCUT2D eigenvalue weighted by Gasteiger charge is 2.31. The number of rotatable bonds is 1. The SMILES string of the molecule is O=C=C1C(=C=O)C(c2ccccn2)=NC(Cl)C1=C=O. The van der Waals surface area contributed by atoms with Gasteiger partial charge in [0, 0.05) is 6.20 Å². The standard InChI is InChI=1S/C13H5ClN2O3/c14-13-10(7-19)8(5-17)9(6-18)12(16-13)11-3-1-2-4-15-11/h1-4,13H. The van der Waals surface area contributed by atoms with Gasteiger partial charge in [-0.1, -0.05) is 17.7 Å². The average Bonchev–Trinajstić information content (AvgIpc) is 2.46. The van der Waals surface area contributed by atoms with Crippen LogP contribution in [0, 0.1) is 0 Å². The first-order valence-corrected chi connectivity index (χ1v) is 5.56. The second-order valence-corrected chi connectivity index (χ2v) is 3.91. The summed E-state index contributed by atoms with van der Waals surface area (Å²) in [5, 5.41) is 0. The summed E-state index contributed by atoms with van der Waals surface area (Å²) >= 11 is 5.87. The Hall–Kier alpha value is -2.54. The third kappa shape index (κ3) is 2.23. The molecule has 0 amide bonds. The van der Waals surface area contributed by atoms with E-state index in [1.807, 2.05) is 0 Å². The summed E-state index contributed by atoms with van der Waals surface area (Å²) < 4.78 is 0. The number of hydrogen-bond acceptors (Lipinski definition) is 5. The van der Waals surface area contributed by atoms with Crippen LogP contribution in [-0.4, -0.2) is 34.0 Å². The monoisotopic (exact) mass is 272 g/mol. The number of allylic oxidation sites excluding steroid dienone is 1. The van der Waals surface area contributed by atoms with Gasteiger partial charge in [0.2, 0.25) is 0 Å². The van der Waals surface area contributed by atoms with Gasteiger partial charge in [-0.15, -0.1) is 0 Å². The molecule has 1 aromatic rings. The molecule has 6 heteroatoms. The second kappa shape index (κ2) is 5.40. The minimum atomic E-state index is -1.11. The lowest BCUT2D eigenvalue weighted by Gasteiger charge is -2.17. The lowest BCUT2D eigenvalue weighted by Crippen LogP contribution is -2.22. The molecule has 0 saturated carbocycles. The minimum absolute atomic E-state index is 0.105. The highest BCUT2D eigenvalue weighted by Crippen LogP contribution is 2.29. The molecule has 2 rings (SSSR count). The summed E-state index contributed by atoms with van der Waals surface area (Å²) in [6.45, 7) is 0. The third-order valence-electron chi connectivity index (χ3n) is 2.46. The van der Waals surface area contributed by atoms with Crippen molar-refractivity contribution in [3.8, 4) is 0 Å².